The van der Waals surface area contributed by atoms with Crippen LogP contribution < -0.4 is 10.2 Å². The zero-order chi connectivity index (χ0) is 18.1. The van der Waals surface area contributed by atoms with E-state index in [1.54, 1.807) is 22.3 Å². The molecule has 142 valence electrons. The van der Waals surface area contributed by atoms with Crippen LogP contribution >= 0.6 is 0 Å². The predicted octanol–water partition coefficient (Wildman–Crippen LogP) is 3.57. The first-order valence-corrected chi connectivity index (χ1v) is 10.8. The summed E-state index contributed by atoms with van der Waals surface area (Å²) < 4.78 is 0. The Balaban J connectivity index is 1.11. The number of nitrogens with one attached hydrogen (secondary N) is 1. The van der Waals surface area contributed by atoms with E-state index in [0.29, 0.717) is 6.04 Å². The van der Waals surface area contributed by atoms with Crippen molar-refractivity contribution in [3.63, 3.8) is 0 Å². The summed E-state index contributed by atoms with van der Waals surface area (Å²) in [7, 11) is 0. The lowest BCUT2D eigenvalue weighted by molar-refractivity contribution is 0.254. The van der Waals surface area contributed by atoms with Gasteiger partial charge in [0, 0.05) is 51.0 Å². The third kappa shape index (κ3) is 3.63. The van der Waals surface area contributed by atoms with Gasteiger partial charge in [-0.25, -0.2) is 0 Å². The fraction of sp³-hybridized carbons (Fsp3) is 0.500. The number of aryl methyl sites for hydroxylation is 3. The zero-order valence-corrected chi connectivity index (χ0v) is 16.3. The standard InChI is InChI=1S/C24H31N3/c1-2-7-22(8-3-1)27-15-13-26(14-16-27)12-11-25-24-10-9-21-17-19-5-4-6-20(19)18-23(21)24/h1-3,7-8,17-18,24-25H,4-6,9-16H2/t24-/m1/s1. The molecule has 3 nitrogen and oxygen atoms in total. The number of hydrogen-bond acceptors (Lipinski definition) is 3. The molecule has 0 radical (unpaired) electrons. The second-order valence-corrected chi connectivity index (χ2v) is 8.38. The second-order valence-electron chi connectivity index (χ2n) is 8.38. The van der Waals surface area contributed by atoms with Gasteiger partial charge in [-0.2, -0.15) is 0 Å². The van der Waals surface area contributed by atoms with Crippen LogP contribution in [0.3, 0.4) is 0 Å². The lowest BCUT2D eigenvalue weighted by Crippen LogP contribution is -2.48. The van der Waals surface area contributed by atoms with Crippen LogP contribution in [0.25, 0.3) is 0 Å². The Morgan fingerprint density at radius 3 is 2.44 bits per heavy atom. The van der Waals surface area contributed by atoms with E-state index in [2.05, 4.69) is 57.6 Å². The molecule has 0 unspecified atom stereocenters. The maximum atomic E-state index is 3.86. The van der Waals surface area contributed by atoms with Crippen molar-refractivity contribution in [2.24, 2.45) is 0 Å². The largest absolute Gasteiger partial charge is 0.369 e. The molecule has 5 rings (SSSR count). The SMILES string of the molecule is c1ccc(N2CCN(CCN[C@@H]3CCc4cc5c(cc43)CCC5)CC2)cc1. The summed E-state index contributed by atoms with van der Waals surface area (Å²) in [6.45, 7) is 6.90. The van der Waals surface area contributed by atoms with Crippen molar-refractivity contribution in [2.75, 3.05) is 44.2 Å². The average Bonchev–Trinajstić information content (AvgIpc) is 3.34. The van der Waals surface area contributed by atoms with Gasteiger partial charge < -0.3 is 10.2 Å². The van der Waals surface area contributed by atoms with Crippen molar-refractivity contribution >= 4 is 5.69 Å². The maximum Gasteiger partial charge on any atom is 0.0367 e. The number of hydrogen-bond donors (Lipinski definition) is 1. The van der Waals surface area contributed by atoms with Crippen LogP contribution in [0.15, 0.2) is 42.5 Å². The van der Waals surface area contributed by atoms with Gasteiger partial charge in [-0.1, -0.05) is 30.3 Å². The first kappa shape index (κ1) is 17.3. The number of nitrogens with zero attached hydrogens (tertiary/aromatic N) is 2. The maximum absolute atomic E-state index is 3.86. The first-order chi connectivity index (χ1) is 13.4. The monoisotopic (exact) mass is 361 g/mol. The molecule has 2 aromatic rings. The first-order valence-electron chi connectivity index (χ1n) is 10.8. The molecule has 0 bridgehead atoms. The van der Waals surface area contributed by atoms with E-state index in [4.69, 9.17) is 0 Å². The molecule has 1 heterocycles. The van der Waals surface area contributed by atoms with Crippen molar-refractivity contribution in [3.8, 4) is 0 Å². The van der Waals surface area contributed by atoms with Crippen molar-refractivity contribution in [1.29, 1.82) is 0 Å². The molecule has 1 saturated heterocycles. The highest BCUT2D eigenvalue weighted by molar-refractivity contribution is 5.46. The van der Waals surface area contributed by atoms with Gasteiger partial charge in [-0.15, -0.1) is 0 Å². The van der Waals surface area contributed by atoms with E-state index in [-0.39, 0.29) is 0 Å². The molecule has 0 saturated carbocycles. The van der Waals surface area contributed by atoms with Gasteiger partial charge in [0.1, 0.15) is 0 Å². The summed E-state index contributed by atoms with van der Waals surface area (Å²) in [5, 5.41) is 3.86. The molecule has 1 atom stereocenters. The van der Waals surface area contributed by atoms with Gasteiger partial charge in [-0.05, 0) is 66.5 Å². The normalized spacial score (nSPS) is 22.1. The summed E-state index contributed by atoms with van der Waals surface area (Å²) in [6, 6.07) is 16.5. The molecule has 3 heteroatoms. The lowest BCUT2D eigenvalue weighted by Gasteiger charge is -2.36. The van der Waals surface area contributed by atoms with Gasteiger partial charge in [-0.3, -0.25) is 4.90 Å². The molecular weight excluding hydrogens is 330 g/mol. The average molecular weight is 362 g/mol. The fourth-order valence-electron chi connectivity index (χ4n) is 5.17. The quantitative estimate of drug-likeness (QED) is 0.878. The molecule has 0 aromatic heterocycles. The van der Waals surface area contributed by atoms with Crippen LogP contribution in [0.2, 0.25) is 0 Å². The Labute approximate surface area is 163 Å². The lowest BCUT2D eigenvalue weighted by atomic mass is 10.0. The van der Waals surface area contributed by atoms with Crippen molar-refractivity contribution < 1.29 is 0 Å². The van der Waals surface area contributed by atoms with Crippen molar-refractivity contribution in [1.82, 2.24) is 10.2 Å². The Morgan fingerprint density at radius 1 is 0.852 bits per heavy atom. The van der Waals surface area contributed by atoms with Gasteiger partial charge in [0.15, 0.2) is 0 Å². The smallest absolute Gasteiger partial charge is 0.0367 e. The Kier molecular flexibility index (Phi) is 4.89. The molecular formula is C24H31N3. The van der Waals surface area contributed by atoms with E-state index >= 15 is 0 Å². The van der Waals surface area contributed by atoms with E-state index in [0.717, 1.165) is 19.6 Å². The van der Waals surface area contributed by atoms with E-state index in [1.807, 2.05) is 0 Å². The molecule has 1 fully saturated rings. The predicted molar refractivity (Wildman–Crippen MR) is 113 cm³/mol. The van der Waals surface area contributed by atoms with Gasteiger partial charge in [0.25, 0.3) is 0 Å². The van der Waals surface area contributed by atoms with Gasteiger partial charge in [0.2, 0.25) is 0 Å². The Hall–Kier alpha value is -1.84. The Bertz CT molecular complexity index is 778. The molecule has 2 aromatic carbocycles. The van der Waals surface area contributed by atoms with Crippen molar-refractivity contribution in [3.05, 3.63) is 64.7 Å². The van der Waals surface area contributed by atoms with E-state index in [1.165, 1.54) is 57.4 Å². The summed E-state index contributed by atoms with van der Waals surface area (Å²) in [5.41, 5.74) is 7.84. The minimum atomic E-state index is 0.580. The van der Waals surface area contributed by atoms with Crippen LogP contribution in [-0.4, -0.2) is 44.2 Å². The zero-order valence-electron chi connectivity index (χ0n) is 16.3. The molecule has 2 aliphatic carbocycles. The van der Waals surface area contributed by atoms with Gasteiger partial charge in [0.05, 0.1) is 0 Å². The minimum absolute atomic E-state index is 0.580. The van der Waals surface area contributed by atoms with Crippen molar-refractivity contribution in [2.45, 2.75) is 38.1 Å². The van der Waals surface area contributed by atoms with Crippen LogP contribution in [0.4, 0.5) is 5.69 Å². The van der Waals surface area contributed by atoms with Crippen LogP contribution in [-0.2, 0) is 19.3 Å². The third-order valence-corrected chi connectivity index (χ3v) is 6.74. The topological polar surface area (TPSA) is 18.5 Å². The number of fused-ring (bicyclic) bond motifs is 2. The number of anilines is 1. The highest BCUT2D eigenvalue weighted by Gasteiger charge is 2.25. The molecule has 27 heavy (non-hydrogen) atoms. The van der Waals surface area contributed by atoms with E-state index < -0.39 is 0 Å². The molecule has 1 aliphatic heterocycles. The Morgan fingerprint density at radius 2 is 1.63 bits per heavy atom. The van der Waals surface area contributed by atoms with Crippen LogP contribution in [0.5, 0.6) is 0 Å². The molecule has 0 amide bonds. The number of benzene rings is 2. The summed E-state index contributed by atoms with van der Waals surface area (Å²) in [4.78, 5) is 5.13. The van der Waals surface area contributed by atoms with Gasteiger partial charge >= 0.3 is 0 Å². The van der Waals surface area contributed by atoms with E-state index in [9.17, 15) is 0 Å². The minimum Gasteiger partial charge on any atom is -0.369 e. The number of piperazine rings is 1. The molecule has 3 aliphatic rings. The van der Waals surface area contributed by atoms with Crippen LogP contribution in [0.1, 0.15) is 41.1 Å². The number of rotatable bonds is 5. The third-order valence-electron chi connectivity index (χ3n) is 6.74. The highest BCUT2D eigenvalue weighted by Crippen LogP contribution is 2.35. The summed E-state index contributed by atoms with van der Waals surface area (Å²) in [5.74, 6) is 0. The fourth-order valence-corrected chi connectivity index (χ4v) is 5.17. The highest BCUT2D eigenvalue weighted by atomic mass is 15.3. The summed E-state index contributed by atoms with van der Waals surface area (Å²) in [6.07, 6.45) is 6.48. The summed E-state index contributed by atoms with van der Waals surface area (Å²) >= 11 is 0. The molecule has 0 spiro atoms. The second kappa shape index (κ2) is 7.65. The number of para-hydroxylation sites is 1. The van der Waals surface area contributed by atoms with Crippen LogP contribution in [0, 0.1) is 0 Å². The molecule has 1 N–H and O–H groups in total.